The van der Waals surface area contributed by atoms with Crippen LogP contribution >= 0.6 is 0 Å². The fourth-order valence-corrected chi connectivity index (χ4v) is 1.24. The minimum atomic E-state index is 0. The zero-order chi connectivity index (χ0) is 9.97. The minimum Gasteiger partial charge on any atom is -0.358 e. The molecule has 0 unspecified atom stereocenters. The third kappa shape index (κ3) is 2.64. The molecule has 0 radical (unpaired) electrons. The Morgan fingerprint density at radius 1 is 0.812 bits per heavy atom. The SMILES string of the molecule is Cc1ccc(-c2ncc(C)cn2)cc1.[CH3-].[Fm]. The zero-order valence-corrected chi connectivity index (χ0v) is 12.1. The summed E-state index contributed by atoms with van der Waals surface area (Å²) in [5.41, 5.74) is 3.40. The summed E-state index contributed by atoms with van der Waals surface area (Å²) in [7, 11) is 0. The first-order valence-corrected chi connectivity index (χ1v) is 4.61. The second-order valence-corrected chi connectivity index (χ2v) is 3.45. The van der Waals surface area contributed by atoms with Crippen LogP contribution in [-0.4, -0.2) is 9.97 Å². The Kier molecular flexibility index (Phi) is 4.36. The average Bonchev–Trinajstić information content (AvgIpc) is 2.21. The van der Waals surface area contributed by atoms with Crippen LogP contribution < -0.4 is 0 Å². The molecule has 0 fully saturated rings. The Labute approximate surface area is 91.0 Å². The summed E-state index contributed by atoms with van der Waals surface area (Å²) in [5.74, 6) is 0.788. The summed E-state index contributed by atoms with van der Waals surface area (Å²) in [6.07, 6.45) is 3.67. The van der Waals surface area contributed by atoms with Gasteiger partial charge in [-0.1, -0.05) is 29.8 Å². The summed E-state index contributed by atoms with van der Waals surface area (Å²) in [4.78, 5) is 8.53. The molecule has 0 spiro atoms. The molecule has 90 valence electrons. The first-order valence-electron chi connectivity index (χ1n) is 4.61. The first-order chi connectivity index (χ1) is 6.75. The molecule has 0 aliphatic heterocycles. The molecule has 3 heteroatoms. The van der Waals surface area contributed by atoms with Crippen molar-refractivity contribution >= 4 is 0 Å². The minimum absolute atomic E-state index is 0. The van der Waals surface area contributed by atoms with Crippen LogP contribution in [0.5, 0.6) is 0 Å². The van der Waals surface area contributed by atoms with E-state index in [1.54, 1.807) is 0 Å². The van der Waals surface area contributed by atoms with Crippen LogP contribution in [-0.2, 0) is 0 Å². The molecule has 1 heterocycles. The van der Waals surface area contributed by atoms with Gasteiger partial charge in [0.15, 0.2) is 5.82 Å². The summed E-state index contributed by atoms with van der Waals surface area (Å²) in [6.45, 7) is 4.05. The Morgan fingerprint density at radius 2 is 1.31 bits per heavy atom. The van der Waals surface area contributed by atoms with Gasteiger partial charge in [-0.3, -0.25) is 0 Å². The van der Waals surface area contributed by atoms with E-state index in [4.69, 9.17) is 0 Å². The van der Waals surface area contributed by atoms with Crippen molar-refractivity contribution < 1.29 is 0 Å². The maximum Gasteiger partial charge on any atom is 0.159 e. The molecule has 1 aromatic carbocycles. The smallest absolute Gasteiger partial charge is 0.159 e. The van der Waals surface area contributed by atoms with Crippen molar-refractivity contribution in [1.29, 1.82) is 0 Å². The normalized spacial score (nSPS) is 8.88. The van der Waals surface area contributed by atoms with Crippen LogP contribution in [0.25, 0.3) is 11.4 Å². The maximum atomic E-state index is 4.27. The van der Waals surface area contributed by atoms with Gasteiger partial charge in [0.1, 0.15) is 0 Å². The Balaban J connectivity index is 0.00000112. The molecular formula is C13H15FmN2-. The summed E-state index contributed by atoms with van der Waals surface area (Å²) < 4.78 is 0. The predicted molar refractivity (Wildman–Crippen MR) is 63.4 cm³/mol. The number of rotatable bonds is 1. The van der Waals surface area contributed by atoms with E-state index in [1.165, 1.54) is 5.56 Å². The molecule has 1 aromatic heterocycles. The molecule has 0 bridgehead atoms. The van der Waals surface area contributed by atoms with Crippen LogP contribution in [0.15, 0.2) is 36.7 Å². The largest absolute Gasteiger partial charge is 0.358 e. The average molecular weight is 456 g/mol. The molecule has 0 saturated heterocycles. The van der Waals surface area contributed by atoms with Crippen molar-refractivity contribution in [2.45, 2.75) is 13.8 Å². The van der Waals surface area contributed by atoms with E-state index >= 15 is 0 Å². The first kappa shape index (κ1) is 13.3. The fourth-order valence-electron chi connectivity index (χ4n) is 1.24. The number of benzene rings is 1. The van der Waals surface area contributed by atoms with Gasteiger partial charge in [0.25, 0.3) is 0 Å². The second kappa shape index (κ2) is 5.25. The van der Waals surface area contributed by atoms with Gasteiger partial charge in [-0.2, -0.15) is 0 Å². The van der Waals surface area contributed by atoms with Gasteiger partial charge in [0.05, 0.1) is 0 Å². The van der Waals surface area contributed by atoms with Crippen molar-refractivity contribution in [2.75, 3.05) is 0 Å². The quantitative estimate of drug-likeness (QED) is 0.617. The van der Waals surface area contributed by atoms with E-state index < -0.39 is 0 Å². The maximum absolute atomic E-state index is 4.27. The van der Waals surface area contributed by atoms with Gasteiger partial charge in [-0.25, -0.2) is 9.97 Å². The van der Waals surface area contributed by atoms with Gasteiger partial charge in [0, 0.05) is 18.0 Å². The second-order valence-electron chi connectivity index (χ2n) is 3.45. The molecule has 0 aliphatic carbocycles. The summed E-state index contributed by atoms with van der Waals surface area (Å²) in [5, 5.41) is 0. The van der Waals surface area contributed by atoms with Crippen molar-refractivity contribution in [3.8, 4) is 11.4 Å². The van der Waals surface area contributed by atoms with Crippen molar-refractivity contribution in [1.82, 2.24) is 9.97 Å². The molecule has 2 aromatic rings. The van der Waals surface area contributed by atoms with Crippen LogP contribution in [0.4, 0.5) is 0 Å². The molecular weight excluding hydrogens is 441 g/mol. The van der Waals surface area contributed by atoms with Crippen LogP contribution in [0.3, 0.4) is 0 Å². The fraction of sp³-hybridized carbons (Fsp3) is 0.154. The monoisotopic (exact) mass is 456 g/mol. The zero-order valence-electron chi connectivity index (χ0n) is 9.65. The number of hydrogen-bond donors (Lipinski definition) is 0. The number of aryl methyl sites for hydroxylation is 2. The molecule has 0 N–H and O–H groups in total. The van der Waals surface area contributed by atoms with E-state index in [-0.39, 0.29) is 7.43 Å². The molecule has 0 atom stereocenters. The predicted octanol–water partition coefficient (Wildman–Crippen LogP) is 3.21. The Morgan fingerprint density at radius 3 is 1.81 bits per heavy atom. The van der Waals surface area contributed by atoms with E-state index in [1.807, 2.05) is 31.5 Å². The van der Waals surface area contributed by atoms with Crippen LogP contribution in [0.1, 0.15) is 11.1 Å². The van der Waals surface area contributed by atoms with E-state index in [0.29, 0.717) is 0 Å². The number of nitrogens with zero attached hydrogens (tertiary/aromatic N) is 2. The molecule has 2 nitrogen and oxygen atoms in total. The van der Waals surface area contributed by atoms with Gasteiger partial charge in [-0.15, -0.1) is 0 Å². The van der Waals surface area contributed by atoms with E-state index in [0.717, 1.165) is 17.0 Å². The van der Waals surface area contributed by atoms with Crippen molar-refractivity contribution in [2.24, 2.45) is 0 Å². The Bertz CT molecular complexity index is 377. The van der Waals surface area contributed by atoms with E-state index in [2.05, 4.69) is 29.0 Å². The molecule has 16 heavy (non-hydrogen) atoms. The standard InChI is InChI=1S/C12H12N2.CH3.Fm/c1-9-3-5-11(6-4-9)12-13-7-10(2)8-14-12;;/h3-8H,1-2H3;1H3;/q;-1;. The molecule has 0 aliphatic rings. The topological polar surface area (TPSA) is 25.8 Å². The molecule has 0 saturated carbocycles. The summed E-state index contributed by atoms with van der Waals surface area (Å²) >= 11 is 0. The Hall–Kier alpha value is -2.70. The van der Waals surface area contributed by atoms with E-state index in [9.17, 15) is 0 Å². The molecule has 0 amide bonds. The molecule has 2 rings (SSSR count). The number of hydrogen-bond acceptors (Lipinski definition) is 2. The van der Waals surface area contributed by atoms with Gasteiger partial charge in [-0.05, 0) is 19.4 Å². The van der Waals surface area contributed by atoms with Gasteiger partial charge in [0.2, 0.25) is 0 Å². The third-order valence-corrected chi connectivity index (χ3v) is 2.09. The summed E-state index contributed by atoms with van der Waals surface area (Å²) in [6, 6.07) is 8.22. The third-order valence-electron chi connectivity index (χ3n) is 2.09. The van der Waals surface area contributed by atoms with Crippen LogP contribution in [0, 0.1) is 21.3 Å². The van der Waals surface area contributed by atoms with Crippen LogP contribution in [0.2, 0.25) is 0 Å². The van der Waals surface area contributed by atoms with Crippen molar-refractivity contribution in [3.05, 3.63) is 55.2 Å². The van der Waals surface area contributed by atoms with Crippen molar-refractivity contribution in [3.63, 3.8) is 0 Å². The number of aromatic nitrogens is 2. The van der Waals surface area contributed by atoms with Gasteiger partial charge >= 0.3 is 0 Å². The van der Waals surface area contributed by atoms with Gasteiger partial charge < -0.3 is 7.43 Å².